The van der Waals surface area contributed by atoms with Gasteiger partial charge >= 0.3 is 0 Å². The van der Waals surface area contributed by atoms with Gasteiger partial charge in [0.05, 0.1) is 49.7 Å². The third kappa shape index (κ3) is 5.52. The third-order valence-corrected chi connectivity index (χ3v) is 7.65. The van der Waals surface area contributed by atoms with E-state index in [2.05, 4.69) is 4.90 Å². The zero-order valence-electron chi connectivity index (χ0n) is 21.7. The van der Waals surface area contributed by atoms with Crippen molar-refractivity contribution in [3.63, 3.8) is 0 Å². The number of morpholine rings is 1. The molecule has 39 heavy (non-hydrogen) atoms. The molecule has 0 aliphatic carbocycles. The van der Waals surface area contributed by atoms with Crippen molar-refractivity contribution in [1.29, 1.82) is 0 Å². The van der Waals surface area contributed by atoms with Crippen molar-refractivity contribution in [1.82, 2.24) is 9.80 Å². The van der Waals surface area contributed by atoms with E-state index in [1.807, 2.05) is 48.5 Å². The van der Waals surface area contributed by atoms with Crippen molar-refractivity contribution >= 4 is 11.8 Å². The first-order valence-corrected chi connectivity index (χ1v) is 13.4. The number of carbonyl (C=O) groups is 2. The number of fused-ring (bicyclic) bond motifs is 1. The third-order valence-electron chi connectivity index (χ3n) is 7.65. The van der Waals surface area contributed by atoms with Gasteiger partial charge in [-0.05, 0) is 28.8 Å². The summed E-state index contributed by atoms with van der Waals surface area (Å²) in [5.41, 5.74) is 4.55. The second-order valence-corrected chi connectivity index (χ2v) is 10.2. The number of aliphatic hydroxyl groups is 1. The van der Waals surface area contributed by atoms with E-state index in [1.54, 1.807) is 24.3 Å². The lowest BCUT2D eigenvalue weighted by Gasteiger charge is -2.39. The number of aliphatic hydroxyl groups excluding tert-OH is 1. The van der Waals surface area contributed by atoms with Crippen LogP contribution in [0.3, 0.4) is 0 Å². The fraction of sp³-hybridized carbons (Fsp3) is 0.355. The van der Waals surface area contributed by atoms with Crippen LogP contribution >= 0.6 is 0 Å². The zero-order valence-corrected chi connectivity index (χ0v) is 21.7. The maximum atomic E-state index is 12.8. The molecule has 0 aromatic heterocycles. The zero-order chi connectivity index (χ0) is 26.8. The lowest BCUT2D eigenvalue weighted by atomic mass is 9.99. The highest BCUT2D eigenvalue weighted by molar-refractivity contribution is 6.21. The number of rotatable bonds is 7. The van der Waals surface area contributed by atoms with E-state index in [0.29, 0.717) is 11.1 Å². The summed E-state index contributed by atoms with van der Waals surface area (Å²) < 4.78 is 18.4. The summed E-state index contributed by atoms with van der Waals surface area (Å²) in [6, 6.07) is 22.5. The quantitative estimate of drug-likeness (QED) is 0.466. The van der Waals surface area contributed by atoms with E-state index in [4.69, 9.17) is 14.2 Å². The van der Waals surface area contributed by atoms with Gasteiger partial charge in [0.1, 0.15) is 0 Å². The second kappa shape index (κ2) is 11.4. The minimum absolute atomic E-state index is 0.00422. The molecule has 3 heterocycles. The lowest BCUT2D eigenvalue weighted by molar-refractivity contribution is -0.253. The summed E-state index contributed by atoms with van der Waals surface area (Å²) in [5.74, 6) is -0.528. The summed E-state index contributed by atoms with van der Waals surface area (Å²) in [4.78, 5) is 29.2. The second-order valence-electron chi connectivity index (χ2n) is 10.2. The average molecular weight is 529 g/mol. The number of amides is 2. The lowest BCUT2D eigenvalue weighted by Crippen LogP contribution is -2.44. The number of benzene rings is 3. The van der Waals surface area contributed by atoms with Crippen LogP contribution in [0.25, 0.3) is 0 Å². The number of carbonyl (C=O) groups excluding carboxylic acids is 2. The van der Waals surface area contributed by atoms with Crippen LogP contribution in [0.1, 0.15) is 61.8 Å². The molecular weight excluding hydrogens is 496 g/mol. The Morgan fingerprint density at radius 1 is 0.769 bits per heavy atom. The van der Waals surface area contributed by atoms with Crippen molar-refractivity contribution in [3.8, 4) is 0 Å². The van der Waals surface area contributed by atoms with Gasteiger partial charge < -0.3 is 19.3 Å². The van der Waals surface area contributed by atoms with Gasteiger partial charge in [-0.3, -0.25) is 19.4 Å². The number of ether oxygens (including phenoxy) is 3. The summed E-state index contributed by atoms with van der Waals surface area (Å²) in [5, 5.41) is 9.43. The Kier molecular flexibility index (Phi) is 7.54. The van der Waals surface area contributed by atoms with Crippen LogP contribution in [0, 0.1) is 0 Å². The molecule has 3 unspecified atom stereocenters. The van der Waals surface area contributed by atoms with Gasteiger partial charge in [-0.2, -0.15) is 0 Å². The van der Waals surface area contributed by atoms with Gasteiger partial charge in [0.2, 0.25) is 0 Å². The molecule has 0 spiro atoms. The highest BCUT2D eigenvalue weighted by Crippen LogP contribution is 2.38. The first-order valence-electron chi connectivity index (χ1n) is 13.4. The van der Waals surface area contributed by atoms with E-state index in [0.717, 1.165) is 61.5 Å². The van der Waals surface area contributed by atoms with E-state index < -0.39 is 6.29 Å². The number of hydrogen-bond acceptors (Lipinski definition) is 7. The normalized spacial score (nSPS) is 23.7. The van der Waals surface area contributed by atoms with E-state index >= 15 is 0 Å². The molecule has 3 aromatic carbocycles. The van der Waals surface area contributed by atoms with E-state index in [1.165, 1.54) is 4.90 Å². The van der Waals surface area contributed by atoms with Crippen LogP contribution < -0.4 is 0 Å². The Balaban J connectivity index is 1.18. The molecule has 3 aromatic rings. The SMILES string of the molecule is O=C1c2ccccc2C(=O)N1Cc1ccc(C2OC(CN3CCOCC3)CC(c3ccc(CO)cc3)O2)cc1. The molecule has 0 radical (unpaired) electrons. The van der Waals surface area contributed by atoms with E-state index in [9.17, 15) is 14.7 Å². The smallest absolute Gasteiger partial charge is 0.261 e. The van der Waals surface area contributed by atoms with Gasteiger partial charge in [-0.1, -0.05) is 60.7 Å². The van der Waals surface area contributed by atoms with Crippen molar-refractivity contribution in [2.24, 2.45) is 0 Å². The number of nitrogens with zero attached hydrogens (tertiary/aromatic N) is 2. The average Bonchev–Trinajstić information content (AvgIpc) is 3.23. The summed E-state index contributed by atoms with van der Waals surface area (Å²) in [6.07, 6.45) is -0.00642. The van der Waals surface area contributed by atoms with Gasteiger partial charge in [-0.15, -0.1) is 0 Å². The van der Waals surface area contributed by atoms with Crippen LogP contribution in [0.15, 0.2) is 72.8 Å². The minimum Gasteiger partial charge on any atom is -0.392 e. The van der Waals surface area contributed by atoms with Gasteiger partial charge in [0, 0.05) is 31.6 Å². The fourth-order valence-corrected chi connectivity index (χ4v) is 5.45. The number of hydrogen-bond donors (Lipinski definition) is 1. The van der Waals surface area contributed by atoms with Crippen LogP contribution in [0.4, 0.5) is 0 Å². The topological polar surface area (TPSA) is 88.5 Å². The maximum absolute atomic E-state index is 12.8. The Bertz CT molecular complexity index is 1280. The monoisotopic (exact) mass is 528 g/mol. The molecule has 1 N–H and O–H groups in total. The molecule has 2 saturated heterocycles. The van der Waals surface area contributed by atoms with Crippen LogP contribution in [0.5, 0.6) is 0 Å². The first-order chi connectivity index (χ1) is 19.1. The van der Waals surface area contributed by atoms with Crippen molar-refractivity contribution in [2.75, 3.05) is 32.8 Å². The molecule has 6 rings (SSSR count). The predicted molar refractivity (Wildman–Crippen MR) is 143 cm³/mol. The molecular formula is C31H32N2O6. The van der Waals surface area contributed by atoms with Gasteiger partial charge in [0.25, 0.3) is 11.8 Å². The molecule has 3 atom stereocenters. The van der Waals surface area contributed by atoms with Crippen LogP contribution in [-0.2, 0) is 27.4 Å². The Hall–Kier alpha value is -3.40. The van der Waals surface area contributed by atoms with Crippen LogP contribution in [0.2, 0.25) is 0 Å². The summed E-state index contributed by atoms with van der Waals surface area (Å²) >= 11 is 0. The molecule has 3 aliphatic rings. The number of imide groups is 1. The Morgan fingerprint density at radius 3 is 2.03 bits per heavy atom. The standard InChI is InChI=1S/C31H32N2O6/c34-20-22-7-9-23(10-8-22)28-17-25(19-32-13-15-37-16-14-32)38-31(39-28)24-11-5-21(6-12-24)18-33-29(35)26-3-1-2-4-27(26)30(33)36/h1-12,25,28,31,34H,13-20H2. The summed E-state index contributed by atoms with van der Waals surface area (Å²) in [6.45, 7) is 4.23. The maximum Gasteiger partial charge on any atom is 0.261 e. The first kappa shape index (κ1) is 25.9. The highest BCUT2D eigenvalue weighted by atomic mass is 16.7. The molecule has 0 saturated carbocycles. The highest BCUT2D eigenvalue weighted by Gasteiger charge is 2.36. The predicted octanol–water partition coefficient (Wildman–Crippen LogP) is 3.85. The fourth-order valence-electron chi connectivity index (χ4n) is 5.45. The van der Waals surface area contributed by atoms with Crippen molar-refractivity contribution in [2.45, 2.75) is 38.1 Å². The largest absolute Gasteiger partial charge is 0.392 e. The summed E-state index contributed by atoms with van der Waals surface area (Å²) in [7, 11) is 0. The molecule has 3 aliphatic heterocycles. The van der Waals surface area contributed by atoms with Crippen LogP contribution in [-0.4, -0.2) is 65.7 Å². The van der Waals surface area contributed by atoms with Crippen molar-refractivity contribution < 1.29 is 28.9 Å². The molecule has 2 amide bonds. The molecule has 0 bridgehead atoms. The molecule has 202 valence electrons. The molecule has 8 heteroatoms. The Morgan fingerprint density at radius 2 is 1.38 bits per heavy atom. The van der Waals surface area contributed by atoms with Gasteiger partial charge in [-0.25, -0.2) is 0 Å². The van der Waals surface area contributed by atoms with E-state index in [-0.39, 0.29) is 37.2 Å². The molecule has 2 fully saturated rings. The molecule has 8 nitrogen and oxygen atoms in total. The van der Waals surface area contributed by atoms with Gasteiger partial charge in [0.15, 0.2) is 6.29 Å². The minimum atomic E-state index is -0.555. The Labute approximate surface area is 227 Å². The van der Waals surface area contributed by atoms with Crippen molar-refractivity contribution in [3.05, 3.63) is 106 Å².